The Morgan fingerprint density at radius 1 is 0.972 bits per heavy atom. The normalized spacial score (nSPS) is 16.9. The Morgan fingerprint density at radius 3 is 2.36 bits per heavy atom. The monoisotopic (exact) mass is 515 g/mol. The van der Waals surface area contributed by atoms with Crippen molar-refractivity contribution in [1.82, 2.24) is 13.9 Å². The van der Waals surface area contributed by atoms with E-state index in [2.05, 4.69) is 4.98 Å². The molecule has 4 aromatic rings. The Hall–Kier alpha value is -3.21. The molecule has 0 bridgehead atoms. The van der Waals surface area contributed by atoms with Gasteiger partial charge >= 0.3 is 6.18 Å². The third-order valence-corrected chi connectivity index (χ3v) is 8.65. The minimum Gasteiger partial charge on any atom is -0.382 e. The number of piperidine rings is 1. The number of benzene rings is 3. The van der Waals surface area contributed by atoms with Gasteiger partial charge < -0.3 is 9.67 Å². The lowest BCUT2D eigenvalue weighted by atomic mass is 9.91. The van der Waals surface area contributed by atoms with Crippen LogP contribution in [0.2, 0.25) is 0 Å². The third-order valence-electron chi connectivity index (χ3n) is 6.70. The number of sulfonamides is 1. The fourth-order valence-electron chi connectivity index (χ4n) is 4.77. The topological polar surface area (TPSA) is 75.4 Å². The molecule has 0 radical (unpaired) electrons. The van der Waals surface area contributed by atoms with Crippen molar-refractivity contribution in [3.05, 3.63) is 84.3 Å². The summed E-state index contributed by atoms with van der Waals surface area (Å²) in [6.45, 7) is 0.154. The first-order valence-corrected chi connectivity index (χ1v) is 12.8. The van der Waals surface area contributed by atoms with Gasteiger partial charge in [0.05, 0.1) is 16.2 Å². The molecule has 2 heterocycles. The zero-order chi connectivity index (χ0) is 25.7. The zero-order valence-corrected chi connectivity index (χ0v) is 20.2. The lowest BCUT2D eigenvalue weighted by Crippen LogP contribution is -2.46. The molecule has 36 heavy (non-hydrogen) atoms. The first-order valence-electron chi connectivity index (χ1n) is 11.4. The average molecular weight is 516 g/mol. The number of nitrogens with zero attached hydrogens (tertiary/aromatic N) is 3. The molecule has 0 saturated carbocycles. The summed E-state index contributed by atoms with van der Waals surface area (Å²) in [4.78, 5) is 4.68. The van der Waals surface area contributed by atoms with Gasteiger partial charge in [-0.15, -0.1) is 0 Å². The van der Waals surface area contributed by atoms with E-state index < -0.39 is 27.4 Å². The van der Waals surface area contributed by atoms with E-state index in [1.54, 1.807) is 42.1 Å². The minimum absolute atomic E-state index is 0.0772. The minimum atomic E-state index is -4.48. The van der Waals surface area contributed by atoms with Crippen molar-refractivity contribution in [2.45, 2.75) is 29.5 Å². The van der Waals surface area contributed by atoms with Gasteiger partial charge in [-0.05, 0) is 36.4 Å². The summed E-state index contributed by atoms with van der Waals surface area (Å²) in [5.74, 6) is 0.289. The van der Waals surface area contributed by atoms with Crippen LogP contribution in [0.3, 0.4) is 0 Å². The molecule has 1 aliphatic heterocycles. The van der Waals surface area contributed by atoms with E-state index >= 15 is 0 Å². The van der Waals surface area contributed by atoms with Crippen molar-refractivity contribution in [3.8, 4) is 11.3 Å². The van der Waals surface area contributed by atoms with Gasteiger partial charge in [0.1, 0.15) is 11.4 Å². The Labute approximate surface area is 206 Å². The van der Waals surface area contributed by atoms with E-state index in [0.29, 0.717) is 11.1 Å². The molecule has 0 unspecified atom stereocenters. The van der Waals surface area contributed by atoms with Crippen molar-refractivity contribution >= 4 is 20.8 Å². The summed E-state index contributed by atoms with van der Waals surface area (Å²) in [5, 5.41) is 12.9. The zero-order valence-electron chi connectivity index (χ0n) is 19.4. The Bertz CT molecular complexity index is 1530. The molecule has 1 aromatic heterocycles. The van der Waals surface area contributed by atoms with Crippen molar-refractivity contribution in [1.29, 1.82) is 0 Å². The van der Waals surface area contributed by atoms with Crippen LogP contribution < -0.4 is 0 Å². The first-order chi connectivity index (χ1) is 17.0. The predicted molar refractivity (Wildman–Crippen MR) is 129 cm³/mol. The molecular weight excluding hydrogens is 491 g/mol. The van der Waals surface area contributed by atoms with Crippen LogP contribution in [0.4, 0.5) is 13.2 Å². The molecule has 1 aliphatic rings. The summed E-state index contributed by atoms with van der Waals surface area (Å²) in [6.07, 6.45) is -2.70. The summed E-state index contributed by atoms with van der Waals surface area (Å²) in [7, 11) is -2.14. The van der Waals surface area contributed by atoms with E-state index in [0.717, 1.165) is 17.5 Å². The van der Waals surface area contributed by atoms with Crippen molar-refractivity contribution in [2.75, 3.05) is 13.1 Å². The Kier molecular flexibility index (Phi) is 5.93. The van der Waals surface area contributed by atoms with E-state index in [1.807, 2.05) is 18.2 Å². The maximum Gasteiger partial charge on any atom is 0.416 e. The van der Waals surface area contributed by atoms with Crippen LogP contribution in [-0.2, 0) is 28.8 Å². The number of rotatable bonds is 4. The van der Waals surface area contributed by atoms with Crippen LogP contribution in [0.5, 0.6) is 0 Å². The lowest BCUT2D eigenvalue weighted by Gasteiger charge is -2.37. The maximum atomic E-state index is 13.4. The number of aliphatic hydroxyl groups is 1. The number of hydrogen-bond donors (Lipinski definition) is 1. The van der Waals surface area contributed by atoms with Gasteiger partial charge in [-0.3, -0.25) is 0 Å². The molecule has 6 nitrogen and oxygen atoms in total. The quantitative estimate of drug-likeness (QED) is 0.418. The van der Waals surface area contributed by atoms with Gasteiger partial charge in [0, 0.05) is 37.3 Å². The van der Waals surface area contributed by atoms with Crippen molar-refractivity contribution in [2.24, 2.45) is 7.05 Å². The highest BCUT2D eigenvalue weighted by atomic mass is 32.2. The highest BCUT2D eigenvalue weighted by Gasteiger charge is 2.41. The fourth-order valence-corrected chi connectivity index (χ4v) is 6.43. The molecule has 1 N–H and O–H groups in total. The summed E-state index contributed by atoms with van der Waals surface area (Å²) < 4.78 is 69.3. The van der Waals surface area contributed by atoms with Crippen LogP contribution in [0.25, 0.3) is 22.0 Å². The largest absolute Gasteiger partial charge is 0.416 e. The van der Waals surface area contributed by atoms with Crippen LogP contribution >= 0.6 is 0 Å². The van der Waals surface area contributed by atoms with Gasteiger partial charge in [-0.2, -0.15) is 17.5 Å². The first kappa shape index (κ1) is 24.5. The van der Waals surface area contributed by atoms with Gasteiger partial charge in [0.25, 0.3) is 0 Å². The van der Waals surface area contributed by atoms with Crippen LogP contribution in [0.1, 0.15) is 24.2 Å². The highest BCUT2D eigenvalue weighted by Crippen LogP contribution is 2.37. The van der Waals surface area contributed by atoms with Gasteiger partial charge in [0.15, 0.2) is 0 Å². The second kappa shape index (κ2) is 8.72. The molecule has 0 atom stereocenters. The summed E-state index contributed by atoms with van der Waals surface area (Å²) in [5.41, 5.74) is -1.61. The molecule has 1 saturated heterocycles. The number of fused-ring (bicyclic) bond motifs is 1. The van der Waals surface area contributed by atoms with Crippen molar-refractivity contribution < 1.29 is 26.7 Å². The summed E-state index contributed by atoms with van der Waals surface area (Å²) in [6, 6.07) is 17.3. The number of hydrogen-bond acceptors (Lipinski definition) is 4. The molecular formula is C26H24F3N3O3S. The second-order valence-corrected chi connectivity index (χ2v) is 11.0. The smallest absolute Gasteiger partial charge is 0.382 e. The molecule has 188 valence electrons. The van der Waals surface area contributed by atoms with Gasteiger partial charge in [-0.25, -0.2) is 13.4 Å². The van der Waals surface area contributed by atoms with Gasteiger partial charge in [0.2, 0.25) is 10.0 Å². The number of halogens is 3. The average Bonchev–Trinajstić information content (AvgIpc) is 3.26. The Balaban J connectivity index is 1.40. The molecule has 1 fully saturated rings. The lowest BCUT2D eigenvalue weighted by molar-refractivity contribution is -0.137. The molecule has 0 amide bonds. The van der Waals surface area contributed by atoms with Gasteiger partial charge in [-0.1, -0.05) is 48.5 Å². The molecule has 0 aliphatic carbocycles. The number of imidazole rings is 1. The van der Waals surface area contributed by atoms with Crippen LogP contribution in [0.15, 0.2) is 77.8 Å². The third kappa shape index (κ3) is 4.29. The number of alkyl halides is 3. The van der Waals surface area contributed by atoms with Crippen molar-refractivity contribution in [3.63, 3.8) is 0 Å². The van der Waals surface area contributed by atoms with E-state index in [9.17, 15) is 26.7 Å². The maximum absolute atomic E-state index is 13.4. The molecule has 5 rings (SSSR count). The van der Waals surface area contributed by atoms with Crippen LogP contribution in [0, 0.1) is 0 Å². The summed E-state index contributed by atoms with van der Waals surface area (Å²) >= 11 is 0. The SMILES string of the molecule is Cn1cc(-c2cccc(C(F)(F)F)c2)nc1C1(O)CCN(S(=O)(=O)c2cccc3ccccc23)CC1. The van der Waals surface area contributed by atoms with E-state index in [-0.39, 0.29) is 42.2 Å². The molecule has 3 aromatic carbocycles. The highest BCUT2D eigenvalue weighted by molar-refractivity contribution is 7.89. The van der Waals surface area contributed by atoms with Crippen LogP contribution in [-0.4, -0.2) is 40.5 Å². The fraction of sp³-hybridized carbons (Fsp3) is 0.269. The molecule has 0 spiro atoms. The number of aryl methyl sites for hydroxylation is 1. The Morgan fingerprint density at radius 2 is 1.64 bits per heavy atom. The van der Waals surface area contributed by atoms with E-state index in [4.69, 9.17) is 0 Å². The number of aromatic nitrogens is 2. The van der Waals surface area contributed by atoms with E-state index in [1.165, 1.54) is 16.4 Å². The molecule has 10 heteroatoms. The predicted octanol–water partition coefficient (Wildman–Crippen LogP) is 4.93. The standard InChI is InChI=1S/C26H24F3N3O3S/c1-31-17-22(19-8-4-9-20(16-19)26(27,28)29)30-24(31)25(33)12-14-32(15-13-25)36(34,35)23-11-5-7-18-6-2-3-10-21(18)23/h2-11,16-17,33H,12-15H2,1H3. The second-order valence-electron chi connectivity index (χ2n) is 9.05.